The van der Waals surface area contributed by atoms with E-state index in [0.29, 0.717) is 5.56 Å². The van der Waals surface area contributed by atoms with Gasteiger partial charge in [-0.3, -0.25) is 4.79 Å². The first-order chi connectivity index (χ1) is 8.65. The highest BCUT2D eigenvalue weighted by atomic mass is 16.3. The van der Waals surface area contributed by atoms with Crippen molar-refractivity contribution in [2.75, 3.05) is 0 Å². The molecule has 0 heterocycles. The minimum Gasteiger partial charge on any atom is -0.387 e. The van der Waals surface area contributed by atoms with E-state index >= 15 is 0 Å². The number of benzene rings is 2. The van der Waals surface area contributed by atoms with Crippen LogP contribution in [0.25, 0.3) is 0 Å². The van der Waals surface area contributed by atoms with Crippen LogP contribution < -0.4 is 0 Å². The Labute approximate surface area is 106 Å². The maximum absolute atomic E-state index is 12.6. The zero-order valence-corrected chi connectivity index (χ0v) is 10.1. The molecule has 0 bridgehead atoms. The topological polar surface area (TPSA) is 37.3 Å². The van der Waals surface area contributed by atoms with E-state index < -0.39 is 11.5 Å². The predicted molar refractivity (Wildman–Crippen MR) is 69.5 cm³/mol. The zero-order chi connectivity index (χ0) is 12.8. The van der Waals surface area contributed by atoms with Crippen molar-refractivity contribution in [2.24, 2.45) is 0 Å². The number of rotatable bonds is 1. The van der Waals surface area contributed by atoms with E-state index in [1.165, 1.54) is 0 Å². The van der Waals surface area contributed by atoms with E-state index in [1.54, 1.807) is 6.07 Å². The third-order valence-electron chi connectivity index (χ3n) is 3.89. The SMILES string of the molecule is C[C@]1(c2ccccc2)C(=O)c2ccccc2[C@H]1O. The number of fused-ring (bicyclic) bond motifs is 1. The highest BCUT2D eigenvalue weighted by Crippen LogP contribution is 2.46. The normalized spacial score (nSPS) is 26.1. The van der Waals surface area contributed by atoms with Gasteiger partial charge in [0.25, 0.3) is 0 Å². The number of ketones is 1. The minimum atomic E-state index is -0.870. The van der Waals surface area contributed by atoms with Crippen molar-refractivity contribution < 1.29 is 9.90 Å². The van der Waals surface area contributed by atoms with Crippen molar-refractivity contribution in [3.05, 3.63) is 71.3 Å². The summed E-state index contributed by atoms with van der Waals surface area (Å²) in [7, 11) is 0. The number of aliphatic hydroxyl groups excluding tert-OH is 1. The van der Waals surface area contributed by atoms with Crippen LogP contribution in [0.1, 0.15) is 34.5 Å². The van der Waals surface area contributed by atoms with Crippen molar-refractivity contribution in [2.45, 2.75) is 18.4 Å². The van der Waals surface area contributed by atoms with Crippen LogP contribution in [-0.4, -0.2) is 10.9 Å². The molecule has 1 aliphatic rings. The molecule has 2 nitrogen and oxygen atoms in total. The molecule has 3 rings (SSSR count). The number of carbonyl (C=O) groups is 1. The lowest BCUT2D eigenvalue weighted by molar-refractivity contribution is 0.0684. The first kappa shape index (κ1) is 11.2. The summed E-state index contributed by atoms with van der Waals surface area (Å²) in [4.78, 5) is 12.6. The molecule has 0 fully saturated rings. The Morgan fingerprint density at radius 3 is 2.28 bits per heavy atom. The summed E-state index contributed by atoms with van der Waals surface area (Å²) in [6.45, 7) is 1.81. The first-order valence-electron chi connectivity index (χ1n) is 6.03. The molecule has 0 amide bonds. The van der Waals surface area contributed by atoms with Crippen molar-refractivity contribution in [3.8, 4) is 0 Å². The van der Waals surface area contributed by atoms with Crippen molar-refractivity contribution >= 4 is 5.78 Å². The first-order valence-corrected chi connectivity index (χ1v) is 6.03. The molecule has 0 saturated heterocycles. The van der Waals surface area contributed by atoms with Crippen molar-refractivity contribution in [3.63, 3.8) is 0 Å². The van der Waals surface area contributed by atoms with Gasteiger partial charge in [-0.05, 0) is 18.1 Å². The summed E-state index contributed by atoms with van der Waals surface area (Å²) in [5.74, 6) is -0.00296. The molecule has 0 aliphatic heterocycles. The lowest BCUT2D eigenvalue weighted by atomic mass is 9.77. The smallest absolute Gasteiger partial charge is 0.176 e. The highest BCUT2D eigenvalue weighted by molar-refractivity contribution is 6.08. The molecule has 1 N–H and O–H groups in total. The summed E-state index contributed by atoms with van der Waals surface area (Å²) >= 11 is 0. The molecule has 2 atom stereocenters. The number of hydrogen-bond donors (Lipinski definition) is 1. The second-order valence-corrected chi connectivity index (χ2v) is 4.89. The highest BCUT2D eigenvalue weighted by Gasteiger charge is 2.49. The van der Waals surface area contributed by atoms with Gasteiger partial charge >= 0.3 is 0 Å². The fraction of sp³-hybridized carbons (Fsp3) is 0.188. The maximum Gasteiger partial charge on any atom is 0.176 e. The monoisotopic (exact) mass is 238 g/mol. The molecule has 0 aromatic heterocycles. The molecule has 0 radical (unpaired) electrons. The van der Waals surface area contributed by atoms with Gasteiger partial charge in [0.05, 0.1) is 11.5 Å². The molecule has 2 heteroatoms. The summed E-state index contributed by atoms with van der Waals surface area (Å²) < 4.78 is 0. The summed E-state index contributed by atoms with van der Waals surface area (Å²) in [6.07, 6.45) is -0.774. The van der Waals surface area contributed by atoms with Crippen LogP contribution in [0.15, 0.2) is 54.6 Å². The van der Waals surface area contributed by atoms with Crippen molar-refractivity contribution in [1.29, 1.82) is 0 Å². The average Bonchev–Trinajstić information content (AvgIpc) is 2.64. The Balaban J connectivity index is 2.20. The summed E-state index contributed by atoms with van der Waals surface area (Å²) in [5.41, 5.74) is 1.36. The Hall–Kier alpha value is -1.93. The van der Waals surface area contributed by atoms with Gasteiger partial charge in [-0.1, -0.05) is 54.6 Å². The molecule has 2 aromatic rings. The van der Waals surface area contributed by atoms with Gasteiger partial charge in [-0.25, -0.2) is 0 Å². The van der Waals surface area contributed by atoms with Gasteiger partial charge in [0.1, 0.15) is 0 Å². The zero-order valence-electron chi connectivity index (χ0n) is 10.1. The number of carbonyl (C=O) groups excluding carboxylic acids is 1. The van der Waals surface area contributed by atoms with Crippen LogP contribution in [0, 0.1) is 0 Å². The van der Waals surface area contributed by atoms with E-state index in [-0.39, 0.29) is 5.78 Å². The van der Waals surface area contributed by atoms with E-state index in [0.717, 1.165) is 11.1 Å². The summed E-state index contributed by atoms with van der Waals surface area (Å²) in [6, 6.07) is 16.8. The fourth-order valence-corrected chi connectivity index (χ4v) is 2.73. The second-order valence-electron chi connectivity index (χ2n) is 4.89. The second kappa shape index (κ2) is 3.79. The van der Waals surface area contributed by atoms with Gasteiger partial charge in [0.15, 0.2) is 5.78 Å². The standard InChI is InChI=1S/C16H14O2/c1-16(11-7-3-2-4-8-11)14(17)12-9-5-6-10-13(12)15(16)18/h2-10,14,17H,1H3/t14-,16-/m1/s1. The third-order valence-corrected chi connectivity index (χ3v) is 3.89. The third kappa shape index (κ3) is 1.30. The molecular weight excluding hydrogens is 224 g/mol. The molecular formula is C16H14O2. The van der Waals surface area contributed by atoms with Crippen LogP contribution >= 0.6 is 0 Å². The quantitative estimate of drug-likeness (QED) is 0.829. The Bertz CT molecular complexity index is 604. The fourth-order valence-electron chi connectivity index (χ4n) is 2.73. The molecule has 1 aliphatic carbocycles. The van der Waals surface area contributed by atoms with Gasteiger partial charge in [0.2, 0.25) is 0 Å². The van der Waals surface area contributed by atoms with Crippen LogP contribution in [0.4, 0.5) is 0 Å². The number of aliphatic hydroxyl groups is 1. The lowest BCUT2D eigenvalue weighted by Gasteiger charge is -2.27. The van der Waals surface area contributed by atoms with Crippen LogP contribution in [0.3, 0.4) is 0 Å². The molecule has 90 valence electrons. The van der Waals surface area contributed by atoms with Gasteiger partial charge < -0.3 is 5.11 Å². The van der Waals surface area contributed by atoms with E-state index in [9.17, 15) is 9.90 Å². The lowest BCUT2D eigenvalue weighted by Crippen LogP contribution is -2.32. The molecule has 18 heavy (non-hydrogen) atoms. The van der Waals surface area contributed by atoms with Crippen LogP contribution in [0.5, 0.6) is 0 Å². The number of Topliss-reactive ketones (excluding diaryl/α,β-unsaturated/α-hetero) is 1. The van der Waals surface area contributed by atoms with Crippen LogP contribution in [0.2, 0.25) is 0 Å². The molecule has 0 saturated carbocycles. The molecule has 0 spiro atoms. The molecule has 2 aromatic carbocycles. The Kier molecular flexibility index (Phi) is 2.35. The van der Waals surface area contributed by atoms with E-state index in [2.05, 4.69) is 0 Å². The van der Waals surface area contributed by atoms with Gasteiger partial charge in [-0.15, -0.1) is 0 Å². The van der Waals surface area contributed by atoms with Crippen LogP contribution in [-0.2, 0) is 5.41 Å². The maximum atomic E-state index is 12.6. The molecule has 0 unspecified atom stereocenters. The van der Waals surface area contributed by atoms with E-state index in [4.69, 9.17) is 0 Å². The number of hydrogen-bond acceptors (Lipinski definition) is 2. The van der Waals surface area contributed by atoms with Gasteiger partial charge in [-0.2, -0.15) is 0 Å². The summed E-state index contributed by atoms with van der Waals surface area (Å²) in [5, 5.41) is 10.5. The average molecular weight is 238 g/mol. The Morgan fingerprint density at radius 1 is 1.00 bits per heavy atom. The van der Waals surface area contributed by atoms with E-state index in [1.807, 2.05) is 55.5 Å². The Morgan fingerprint density at radius 2 is 1.61 bits per heavy atom. The predicted octanol–water partition coefficient (Wildman–Crippen LogP) is 2.87. The largest absolute Gasteiger partial charge is 0.387 e. The minimum absolute atomic E-state index is 0.00296. The van der Waals surface area contributed by atoms with Gasteiger partial charge in [0, 0.05) is 5.56 Å². The van der Waals surface area contributed by atoms with Crippen molar-refractivity contribution in [1.82, 2.24) is 0 Å².